The molecule has 0 aliphatic heterocycles. The number of nitrogens with zero attached hydrogens (tertiary/aromatic N) is 1. The summed E-state index contributed by atoms with van der Waals surface area (Å²) in [6, 6.07) is 15.8. The van der Waals surface area contributed by atoms with Gasteiger partial charge in [-0.25, -0.2) is 4.79 Å². The van der Waals surface area contributed by atoms with Crippen LogP contribution in [0.1, 0.15) is 16.8 Å². The number of fused-ring (bicyclic) bond motifs is 1. The Bertz CT molecular complexity index is 975. The standard InChI is InChI=1S/C21H21NO5/c1-14-17(12-20(23)27-21(24)26-3)18-11-16(25-2)9-10-19(18)22(14)13-15-7-5-4-6-8-15/h4-11H,12-13H2,1-3H3. The van der Waals surface area contributed by atoms with Crippen LogP contribution in [-0.4, -0.2) is 30.9 Å². The van der Waals surface area contributed by atoms with Crippen LogP contribution >= 0.6 is 0 Å². The highest BCUT2D eigenvalue weighted by atomic mass is 16.7. The van der Waals surface area contributed by atoms with Gasteiger partial charge in [0.15, 0.2) is 0 Å². The van der Waals surface area contributed by atoms with Crippen LogP contribution in [0.2, 0.25) is 0 Å². The topological polar surface area (TPSA) is 66.8 Å². The van der Waals surface area contributed by atoms with Crippen LogP contribution in [0.4, 0.5) is 4.79 Å². The van der Waals surface area contributed by atoms with Gasteiger partial charge in [-0.3, -0.25) is 4.79 Å². The van der Waals surface area contributed by atoms with E-state index in [-0.39, 0.29) is 6.42 Å². The van der Waals surface area contributed by atoms with Gasteiger partial charge in [-0.1, -0.05) is 30.3 Å². The number of benzene rings is 2. The molecule has 0 amide bonds. The lowest BCUT2D eigenvalue weighted by atomic mass is 10.1. The lowest BCUT2D eigenvalue weighted by Gasteiger charge is -2.09. The van der Waals surface area contributed by atoms with Crippen LogP contribution < -0.4 is 4.74 Å². The van der Waals surface area contributed by atoms with Crippen LogP contribution in [0.25, 0.3) is 10.9 Å². The van der Waals surface area contributed by atoms with Gasteiger partial charge >= 0.3 is 12.1 Å². The molecule has 0 unspecified atom stereocenters. The van der Waals surface area contributed by atoms with E-state index in [2.05, 4.69) is 26.2 Å². The number of carbonyl (C=O) groups is 2. The molecule has 0 N–H and O–H groups in total. The first-order valence-corrected chi connectivity index (χ1v) is 8.51. The SMILES string of the molecule is COC(=O)OC(=O)Cc1c(C)n(Cc2ccccc2)c2ccc(OC)cc12. The fourth-order valence-corrected chi connectivity index (χ4v) is 3.17. The van der Waals surface area contributed by atoms with Crippen molar-refractivity contribution in [3.8, 4) is 5.75 Å². The van der Waals surface area contributed by atoms with E-state index < -0.39 is 12.1 Å². The van der Waals surface area contributed by atoms with E-state index in [1.165, 1.54) is 0 Å². The number of aromatic nitrogens is 1. The Morgan fingerprint density at radius 2 is 1.78 bits per heavy atom. The summed E-state index contributed by atoms with van der Waals surface area (Å²) < 4.78 is 16.5. The number of rotatable bonds is 5. The highest BCUT2D eigenvalue weighted by molar-refractivity contribution is 5.92. The largest absolute Gasteiger partial charge is 0.515 e. The summed E-state index contributed by atoms with van der Waals surface area (Å²) in [5.41, 5.74) is 3.87. The minimum atomic E-state index is -1.01. The summed E-state index contributed by atoms with van der Waals surface area (Å²) in [7, 11) is 2.76. The zero-order valence-electron chi connectivity index (χ0n) is 15.5. The van der Waals surface area contributed by atoms with Crippen molar-refractivity contribution < 1.29 is 23.8 Å². The van der Waals surface area contributed by atoms with Gasteiger partial charge in [0, 0.05) is 23.1 Å². The van der Waals surface area contributed by atoms with Crippen LogP contribution in [0, 0.1) is 6.92 Å². The molecule has 0 bridgehead atoms. The molecule has 0 fully saturated rings. The number of esters is 1. The molecule has 27 heavy (non-hydrogen) atoms. The van der Waals surface area contributed by atoms with Gasteiger partial charge in [0.25, 0.3) is 0 Å². The molecule has 1 aromatic heterocycles. The Kier molecular flexibility index (Phi) is 5.45. The first kappa shape index (κ1) is 18.5. The van der Waals surface area contributed by atoms with Crippen molar-refractivity contribution in [2.24, 2.45) is 0 Å². The molecule has 3 rings (SSSR count). The third-order valence-corrected chi connectivity index (χ3v) is 4.53. The van der Waals surface area contributed by atoms with Gasteiger partial charge in [0.1, 0.15) is 5.75 Å². The van der Waals surface area contributed by atoms with Gasteiger partial charge < -0.3 is 18.8 Å². The fourth-order valence-electron chi connectivity index (χ4n) is 3.17. The molecular weight excluding hydrogens is 346 g/mol. The van der Waals surface area contributed by atoms with E-state index >= 15 is 0 Å². The van der Waals surface area contributed by atoms with Gasteiger partial charge in [0.05, 0.1) is 20.6 Å². The van der Waals surface area contributed by atoms with Crippen LogP contribution in [-0.2, 0) is 27.2 Å². The smallest absolute Gasteiger partial charge is 0.497 e. The lowest BCUT2D eigenvalue weighted by molar-refractivity contribution is -0.138. The lowest BCUT2D eigenvalue weighted by Crippen LogP contribution is -2.14. The van der Waals surface area contributed by atoms with Gasteiger partial charge in [-0.2, -0.15) is 0 Å². The predicted octanol–water partition coefficient (Wildman–Crippen LogP) is 3.86. The monoisotopic (exact) mass is 367 g/mol. The number of hydrogen-bond donors (Lipinski definition) is 0. The zero-order chi connectivity index (χ0) is 19.4. The molecule has 140 valence electrons. The quantitative estimate of drug-likeness (QED) is 0.506. The van der Waals surface area contributed by atoms with E-state index in [1.54, 1.807) is 7.11 Å². The molecule has 1 heterocycles. The average molecular weight is 367 g/mol. The number of carbonyl (C=O) groups excluding carboxylic acids is 2. The second-order valence-electron chi connectivity index (χ2n) is 6.12. The summed E-state index contributed by atoms with van der Waals surface area (Å²) in [4.78, 5) is 23.4. The second-order valence-corrected chi connectivity index (χ2v) is 6.12. The number of methoxy groups -OCH3 is 2. The molecular formula is C21H21NO5. The molecule has 0 radical (unpaired) electrons. The minimum absolute atomic E-state index is 0.0353. The van der Waals surface area contributed by atoms with Crippen molar-refractivity contribution in [3.63, 3.8) is 0 Å². The van der Waals surface area contributed by atoms with Gasteiger partial charge in [-0.15, -0.1) is 0 Å². The molecule has 3 aromatic rings. The normalized spacial score (nSPS) is 10.6. The average Bonchev–Trinajstić information content (AvgIpc) is 2.93. The second kappa shape index (κ2) is 7.95. The molecule has 0 spiro atoms. The van der Waals surface area contributed by atoms with Crippen LogP contribution in [0.5, 0.6) is 5.75 Å². The summed E-state index contributed by atoms with van der Waals surface area (Å²) in [6.07, 6.45) is -1.05. The van der Waals surface area contributed by atoms with Crippen molar-refractivity contribution >= 4 is 23.0 Å². The fraction of sp³-hybridized carbons (Fsp3) is 0.238. The molecule has 0 saturated carbocycles. The van der Waals surface area contributed by atoms with Crippen molar-refractivity contribution in [3.05, 3.63) is 65.4 Å². The highest BCUT2D eigenvalue weighted by Crippen LogP contribution is 2.30. The Hall–Kier alpha value is -3.28. The Morgan fingerprint density at radius 3 is 2.44 bits per heavy atom. The highest BCUT2D eigenvalue weighted by Gasteiger charge is 2.20. The maximum atomic E-state index is 12.1. The van der Waals surface area contributed by atoms with Gasteiger partial charge in [0.2, 0.25) is 0 Å². The maximum absolute atomic E-state index is 12.1. The summed E-state index contributed by atoms with van der Waals surface area (Å²) in [5, 5.41) is 0.893. The zero-order valence-corrected chi connectivity index (χ0v) is 15.5. The molecule has 0 atom stereocenters. The van der Waals surface area contributed by atoms with Crippen molar-refractivity contribution in [2.45, 2.75) is 19.9 Å². The van der Waals surface area contributed by atoms with Crippen LogP contribution in [0.3, 0.4) is 0 Å². The number of hydrogen-bond acceptors (Lipinski definition) is 5. The van der Waals surface area contributed by atoms with Crippen molar-refractivity contribution in [1.29, 1.82) is 0 Å². The molecule has 6 heteroatoms. The number of ether oxygens (including phenoxy) is 3. The summed E-state index contributed by atoms with van der Waals surface area (Å²) in [5.74, 6) is 0.0356. The Balaban J connectivity index is 2.04. The first-order chi connectivity index (χ1) is 13.0. The molecule has 0 aliphatic rings. The Labute approximate surface area is 157 Å². The molecule has 2 aromatic carbocycles. The van der Waals surface area contributed by atoms with E-state index in [0.717, 1.165) is 34.8 Å². The third-order valence-electron chi connectivity index (χ3n) is 4.53. The minimum Gasteiger partial charge on any atom is -0.497 e. The molecule has 0 saturated heterocycles. The van der Waals surface area contributed by atoms with E-state index in [4.69, 9.17) is 4.74 Å². The molecule has 0 aliphatic carbocycles. The van der Waals surface area contributed by atoms with E-state index in [1.807, 2.05) is 43.3 Å². The summed E-state index contributed by atoms with van der Waals surface area (Å²) >= 11 is 0. The van der Waals surface area contributed by atoms with Crippen molar-refractivity contribution in [1.82, 2.24) is 4.57 Å². The van der Waals surface area contributed by atoms with Crippen LogP contribution in [0.15, 0.2) is 48.5 Å². The van der Waals surface area contributed by atoms with E-state index in [9.17, 15) is 9.59 Å². The third kappa shape index (κ3) is 3.95. The molecule has 6 nitrogen and oxygen atoms in total. The first-order valence-electron chi connectivity index (χ1n) is 8.51. The predicted molar refractivity (Wildman–Crippen MR) is 101 cm³/mol. The maximum Gasteiger partial charge on any atom is 0.515 e. The Morgan fingerprint density at radius 1 is 1.04 bits per heavy atom. The van der Waals surface area contributed by atoms with Crippen molar-refractivity contribution in [2.75, 3.05) is 14.2 Å². The summed E-state index contributed by atoms with van der Waals surface area (Å²) in [6.45, 7) is 2.62. The van der Waals surface area contributed by atoms with E-state index in [0.29, 0.717) is 12.3 Å². The van der Waals surface area contributed by atoms with Gasteiger partial charge in [-0.05, 0) is 36.2 Å².